The van der Waals surface area contributed by atoms with Gasteiger partial charge in [0.1, 0.15) is 5.54 Å². The molecule has 3 amide bonds. The van der Waals surface area contributed by atoms with E-state index >= 15 is 0 Å². The highest BCUT2D eigenvalue weighted by Crippen LogP contribution is 2.39. The van der Waals surface area contributed by atoms with Crippen molar-refractivity contribution in [1.29, 1.82) is 0 Å². The second-order valence-electron chi connectivity index (χ2n) is 7.40. The minimum atomic E-state index is -0.527. The molecule has 2 saturated heterocycles. The van der Waals surface area contributed by atoms with E-state index in [1.165, 1.54) is 0 Å². The van der Waals surface area contributed by atoms with Crippen molar-refractivity contribution < 1.29 is 9.59 Å². The van der Waals surface area contributed by atoms with Crippen LogP contribution in [0.2, 0.25) is 0 Å². The molecule has 1 aromatic rings. The summed E-state index contributed by atoms with van der Waals surface area (Å²) < 4.78 is 0. The van der Waals surface area contributed by atoms with E-state index in [1.807, 2.05) is 23.1 Å². The molecule has 1 spiro atoms. The molecule has 0 aliphatic carbocycles. The van der Waals surface area contributed by atoms with Gasteiger partial charge in [-0.1, -0.05) is 32.0 Å². The summed E-state index contributed by atoms with van der Waals surface area (Å²) in [6.45, 7) is 6.87. The zero-order valence-electron chi connectivity index (χ0n) is 15.4. The van der Waals surface area contributed by atoms with E-state index in [0.717, 1.165) is 12.2 Å². The topological polar surface area (TPSA) is 55.9 Å². The molecule has 1 aromatic carbocycles. The third kappa shape index (κ3) is 3.17. The predicted octanol–water partition coefficient (Wildman–Crippen LogP) is 2.12. The number of likely N-dealkylation sites (tertiary alicyclic amines) is 1. The van der Waals surface area contributed by atoms with Crippen molar-refractivity contribution in [3.05, 3.63) is 30.3 Å². The largest absolute Gasteiger partial charge is 0.341 e. The summed E-state index contributed by atoms with van der Waals surface area (Å²) in [5, 5.41) is 2.68. The Kier molecular flexibility index (Phi) is 4.88. The fourth-order valence-electron chi connectivity index (χ4n) is 4.02. The number of hydrogen-bond donors (Lipinski definition) is 1. The Morgan fingerprint density at radius 1 is 1.20 bits per heavy atom. The van der Waals surface area contributed by atoms with Crippen LogP contribution in [0, 0.1) is 5.92 Å². The average Bonchev–Trinajstić information content (AvgIpc) is 2.88. The SMILES string of the molecule is CNC(=O)N1CCC2(CC1)C(=O)N(CC(C)C)CN2c1ccccc1. The summed E-state index contributed by atoms with van der Waals surface area (Å²) in [5.74, 6) is 0.643. The molecule has 6 nitrogen and oxygen atoms in total. The molecule has 0 radical (unpaired) electrons. The quantitative estimate of drug-likeness (QED) is 0.914. The van der Waals surface area contributed by atoms with Gasteiger partial charge in [-0.2, -0.15) is 0 Å². The van der Waals surface area contributed by atoms with Crippen LogP contribution in [-0.4, -0.2) is 60.6 Å². The maximum Gasteiger partial charge on any atom is 0.317 e. The van der Waals surface area contributed by atoms with E-state index < -0.39 is 5.54 Å². The first-order valence-electron chi connectivity index (χ1n) is 9.06. The number of carbonyl (C=O) groups excluding carboxylic acids is 2. The van der Waals surface area contributed by atoms with Crippen LogP contribution in [0.4, 0.5) is 10.5 Å². The van der Waals surface area contributed by atoms with E-state index in [0.29, 0.717) is 38.5 Å². The van der Waals surface area contributed by atoms with Gasteiger partial charge in [0, 0.05) is 32.4 Å². The second-order valence-corrected chi connectivity index (χ2v) is 7.40. The highest BCUT2D eigenvalue weighted by molar-refractivity contribution is 5.94. The zero-order valence-corrected chi connectivity index (χ0v) is 15.4. The smallest absolute Gasteiger partial charge is 0.317 e. The lowest BCUT2D eigenvalue weighted by molar-refractivity contribution is -0.133. The van der Waals surface area contributed by atoms with Gasteiger partial charge >= 0.3 is 6.03 Å². The van der Waals surface area contributed by atoms with Crippen molar-refractivity contribution in [2.24, 2.45) is 5.92 Å². The van der Waals surface area contributed by atoms with Crippen molar-refractivity contribution in [1.82, 2.24) is 15.1 Å². The Morgan fingerprint density at radius 3 is 2.40 bits per heavy atom. The van der Waals surface area contributed by atoms with Crippen LogP contribution >= 0.6 is 0 Å². The van der Waals surface area contributed by atoms with Crippen LogP contribution in [0.25, 0.3) is 0 Å². The lowest BCUT2D eigenvalue weighted by atomic mass is 9.85. The summed E-state index contributed by atoms with van der Waals surface area (Å²) in [6, 6.07) is 10.1. The van der Waals surface area contributed by atoms with Gasteiger partial charge in [0.2, 0.25) is 5.91 Å². The van der Waals surface area contributed by atoms with E-state index in [-0.39, 0.29) is 11.9 Å². The number of rotatable bonds is 3. The second kappa shape index (κ2) is 6.94. The van der Waals surface area contributed by atoms with Crippen molar-refractivity contribution in [2.75, 3.05) is 38.3 Å². The van der Waals surface area contributed by atoms with Gasteiger partial charge in [-0.3, -0.25) is 4.79 Å². The number of piperidine rings is 1. The van der Waals surface area contributed by atoms with Crippen molar-refractivity contribution in [3.63, 3.8) is 0 Å². The van der Waals surface area contributed by atoms with E-state index in [2.05, 4.69) is 36.2 Å². The van der Waals surface area contributed by atoms with Crippen LogP contribution in [-0.2, 0) is 4.79 Å². The Morgan fingerprint density at radius 2 is 1.84 bits per heavy atom. The maximum atomic E-state index is 13.3. The van der Waals surface area contributed by atoms with Gasteiger partial charge in [-0.05, 0) is 30.9 Å². The number of nitrogens with zero attached hydrogens (tertiary/aromatic N) is 3. The van der Waals surface area contributed by atoms with Gasteiger partial charge in [0.05, 0.1) is 6.67 Å². The van der Waals surface area contributed by atoms with Gasteiger partial charge < -0.3 is 20.0 Å². The minimum Gasteiger partial charge on any atom is -0.341 e. The molecular weight excluding hydrogens is 316 g/mol. The lowest BCUT2D eigenvalue weighted by Crippen LogP contribution is -2.58. The monoisotopic (exact) mass is 344 g/mol. The van der Waals surface area contributed by atoms with Crippen molar-refractivity contribution in [2.45, 2.75) is 32.2 Å². The van der Waals surface area contributed by atoms with Crippen LogP contribution in [0.15, 0.2) is 30.3 Å². The Balaban J connectivity index is 1.88. The van der Waals surface area contributed by atoms with Crippen molar-refractivity contribution >= 4 is 17.6 Å². The Bertz CT molecular complexity index is 624. The first-order chi connectivity index (χ1) is 12.0. The third-order valence-corrected chi connectivity index (χ3v) is 5.26. The maximum absolute atomic E-state index is 13.3. The van der Waals surface area contributed by atoms with Gasteiger partial charge in [0.25, 0.3) is 0 Å². The fourth-order valence-corrected chi connectivity index (χ4v) is 4.02. The summed E-state index contributed by atoms with van der Waals surface area (Å²) in [6.07, 6.45) is 1.34. The number of amides is 3. The third-order valence-electron chi connectivity index (χ3n) is 5.26. The van der Waals surface area contributed by atoms with E-state index in [9.17, 15) is 9.59 Å². The number of benzene rings is 1. The summed E-state index contributed by atoms with van der Waals surface area (Å²) in [5.41, 5.74) is 0.552. The molecule has 3 rings (SSSR count). The molecule has 1 N–H and O–H groups in total. The van der Waals surface area contributed by atoms with Crippen LogP contribution in [0.1, 0.15) is 26.7 Å². The first-order valence-corrected chi connectivity index (χ1v) is 9.06. The van der Waals surface area contributed by atoms with Crippen LogP contribution in [0.5, 0.6) is 0 Å². The van der Waals surface area contributed by atoms with E-state index in [1.54, 1.807) is 11.9 Å². The molecular formula is C19H28N4O2. The minimum absolute atomic E-state index is 0.0643. The molecule has 2 heterocycles. The van der Waals surface area contributed by atoms with Crippen LogP contribution in [0.3, 0.4) is 0 Å². The van der Waals surface area contributed by atoms with E-state index in [4.69, 9.17) is 0 Å². The summed E-state index contributed by atoms with van der Waals surface area (Å²) in [7, 11) is 1.65. The van der Waals surface area contributed by atoms with Gasteiger partial charge in [-0.15, -0.1) is 0 Å². The molecule has 25 heavy (non-hydrogen) atoms. The molecule has 2 aliphatic heterocycles. The molecule has 0 unspecified atom stereocenters. The highest BCUT2D eigenvalue weighted by atomic mass is 16.2. The van der Waals surface area contributed by atoms with Crippen molar-refractivity contribution in [3.8, 4) is 0 Å². The van der Waals surface area contributed by atoms with Gasteiger partial charge in [-0.25, -0.2) is 4.79 Å². The molecule has 2 fully saturated rings. The number of carbonyl (C=O) groups is 2. The average molecular weight is 344 g/mol. The molecule has 0 aromatic heterocycles. The Hall–Kier alpha value is -2.24. The molecule has 6 heteroatoms. The normalized spacial score (nSPS) is 19.8. The van der Waals surface area contributed by atoms with Crippen LogP contribution < -0.4 is 10.2 Å². The predicted molar refractivity (Wildman–Crippen MR) is 98.3 cm³/mol. The number of para-hydroxylation sites is 1. The molecule has 136 valence electrons. The molecule has 0 saturated carbocycles. The molecule has 0 bridgehead atoms. The first kappa shape index (κ1) is 17.6. The lowest BCUT2D eigenvalue weighted by Gasteiger charge is -2.43. The standard InChI is InChI=1S/C19H28N4O2/c1-15(2)13-22-14-23(16-7-5-4-6-8-16)19(17(22)24)9-11-21(12-10-19)18(25)20-3/h4-8,15H,9-14H2,1-3H3,(H,20,25). The zero-order chi connectivity index (χ0) is 18.0. The molecule has 2 aliphatic rings. The summed E-state index contributed by atoms with van der Waals surface area (Å²) in [4.78, 5) is 31.3. The number of anilines is 1. The number of urea groups is 1. The number of hydrogen-bond acceptors (Lipinski definition) is 3. The fraction of sp³-hybridized carbons (Fsp3) is 0.579. The Labute approximate surface area is 149 Å². The highest BCUT2D eigenvalue weighted by Gasteiger charge is 2.54. The molecule has 0 atom stereocenters. The summed E-state index contributed by atoms with van der Waals surface area (Å²) >= 11 is 0. The van der Waals surface area contributed by atoms with Gasteiger partial charge in [0.15, 0.2) is 0 Å². The number of nitrogens with one attached hydrogen (secondary N) is 1.